The molecule has 0 aromatic heterocycles. The van der Waals surface area contributed by atoms with Crippen molar-refractivity contribution in [3.05, 3.63) is 0 Å². The fourth-order valence-corrected chi connectivity index (χ4v) is 0.520. The van der Waals surface area contributed by atoms with Gasteiger partial charge in [-0.1, -0.05) is 0 Å². The molecule has 0 amide bonds. The summed E-state index contributed by atoms with van der Waals surface area (Å²) >= 11 is 5.40. The van der Waals surface area contributed by atoms with Crippen LogP contribution in [-0.2, 0) is 9.53 Å². The molecule has 0 aromatic carbocycles. The molecule has 0 aliphatic carbocycles. The lowest BCUT2D eigenvalue weighted by molar-refractivity contribution is -0.140. The fraction of sp³-hybridized carbons (Fsp3) is 0.667. The number of carbonyl (C=O) groups is 1. The third-order valence-corrected chi connectivity index (χ3v) is 1.29. The van der Waals surface area contributed by atoms with E-state index in [1.807, 2.05) is 0 Å². The Morgan fingerprint density at radius 2 is 2.50 bits per heavy atom. The van der Waals surface area contributed by atoms with Gasteiger partial charge >= 0.3 is 5.97 Å². The highest BCUT2D eigenvalue weighted by Gasteiger charge is 2.05. The number of nitriles is 1. The van der Waals surface area contributed by atoms with Gasteiger partial charge in [-0.3, -0.25) is 4.79 Å². The molecule has 0 aromatic rings. The number of methoxy groups -OCH3 is 1. The van der Waals surface area contributed by atoms with Gasteiger partial charge in [-0.25, -0.2) is 0 Å². The molecular weight excluding hydrogens is 154 g/mol. The number of rotatable bonds is 3. The van der Waals surface area contributed by atoms with Crippen molar-refractivity contribution < 1.29 is 9.53 Å². The Kier molecular flexibility index (Phi) is 4.69. The van der Waals surface area contributed by atoms with E-state index in [1.165, 1.54) is 7.11 Å². The summed E-state index contributed by atoms with van der Waals surface area (Å²) in [7, 11) is 1.30. The zero-order valence-electron chi connectivity index (χ0n) is 5.63. The minimum Gasteiger partial charge on any atom is -0.469 e. The summed E-state index contributed by atoms with van der Waals surface area (Å²) < 4.78 is 4.34. The van der Waals surface area contributed by atoms with Gasteiger partial charge in [0.15, 0.2) is 0 Å². The third kappa shape index (κ3) is 4.16. The monoisotopic (exact) mass is 161 g/mol. The maximum atomic E-state index is 10.4. The number of esters is 1. The molecule has 0 saturated heterocycles. The van der Waals surface area contributed by atoms with E-state index in [0.29, 0.717) is 6.42 Å². The minimum absolute atomic E-state index is 0.207. The number of halogens is 1. The van der Waals surface area contributed by atoms with Crippen LogP contribution in [-0.4, -0.2) is 18.5 Å². The Labute approximate surface area is 64.5 Å². The molecule has 10 heavy (non-hydrogen) atoms. The van der Waals surface area contributed by atoms with Crippen molar-refractivity contribution in [2.24, 2.45) is 0 Å². The van der Waals surface area contributed by atoms with Crippen LogP contribution >= 0.6 is 11.6 Å². The van der Waals surface area contributed by atoms with Gasteiger partial charge in [0, 0.05) is 6.42 Å². The van der Waals surface area contributed by atoms with Gasteiger partial charge in [0.05, 0.1) is 13.2 Å². The summed E-state index contributed by atoms with van der Waals surface area (Å²) in [6, 6.07) is 1.80. The molecule has 0 radical (unpaired) electrons. The summed E-state index contributed by atoms with van der Waals surface area (Å²) in [6.07, 6.45) is 0.558. The van der Waals surface area contributed by atoms with Crippen LogP contribution in [0.15, 0.2) is 0 Å². The zero-order valence-corrected chi connectivity index (χ0v) is 6.39. The average Bonchev–Trinajstić information content (AvgIpc) is 1.99. The SMILES string of the molecule is COC(=O)CCC(Cl)C#N. The molecule has 0 heterocycles. The number of hydrogen-bond acceptors (Lipinski definition) is 3. The molecule has 3 nitrogen and oxygen atoms in total. The van der Waals surface area contributed by atoms with Gasteiger partial charge in [-0.05, 0) is 6.42 Å². The van der Waals surface area contributed by atoms with Crippen molar-refractivity contribution >= 4 is 17.6 Å². The van der Waals surface area contributed by atoms with E-state index in [0.717, 1.165) is 0 Å². The lowest BCUT2D eigenvalue weighted by atomic mass is 10.2. The predicted molar refractivity (Wildman–Crippen MR) is 36.5 cm³/mol. The van der Waals surface area contributed by atoms with Gasteiger partial charge in [-0.15, -0.1) is 11.6 Å². The molecule has 56 valence electrons. The second-order valence-corrected chi connectivity index (χ2v) is 2.24. The summed E-state index contributed by atoms with van der Waals surface area (Å²) in [4.78, 5) is 10.4. The summed E-state index contributed by atoms with van der Waals surface area (Å²) in [5.41, 5.74) is 0. The molecule has 0 bridgehead atoms. The van der Waals surface area contributed by atoms with Crippen LogP contribution in [0, 0.1) is 11.3 Å². The Morgan fingerprint density at radius 1 is 1.90 bits per heavy atom. The van der Waals surface area contributed by atoms with Crippen LogP contribution in [0.3, 0.4) is 0 Å². The summed E-state index contributed by atoms with van der Waals surface area (Å²) in [6.45, 7) is 0. The predicted octanol–water partition coefficient (Wildman–Crippen LogP) is 1.07. The molecule has 0 spiro atoms. The van der Waals surface area contributed by atoms with Gasteiger partial charge in [-0.2, -0.15) is 5.26 Å². The van der Waals surface area contributed by atoms with Crippen LogP contribution in [0.2, 0.25) is 0 Å². The second-order valence-electron chi connectivity index (χ2n) is 1.71. The lowest BCUT2D eigenvalue weighted by Crippen LogP contribution is -2.03. The van der Waals surface area contributed by atoms with Crippen molar-refractivity contribution in [1.82, 2.24) is 0 Å². The zero-order chi connectivity index (χ0) is 7.98. The first kappa shape index (κ1) is 9.25. The highest BCUT2D eigenvalue weighted by Crippen LogP contribution is 2.03. The van der Waals surface area contributed by atoms with Crippen LogP contribution < -0.4 is 0 Å². The van der Waals surface area contributed by atoms with E-state index in [9.17, 15) is 4.79 Å². The molecule has 0 saturated carbocycles. The second kappa shape index (κ2) is 5.07. The minimum atomic E-state index is -0.584. The smallest absolute Gasteiger partial charge is 0.305 e. The summed E-state index contributed by atoms with van der Waals surface area (Å²) in [5, 5.41) is 7.60. The highest BCUT2D eigenvalue weighted by molar-refractivity contribution is 6.22. The van der Waals surface area contributed by atoms with Gasteiger partial charge < -0.3 is 4.74 Å². The molecular formula is C6H8ClNO2. The Hall–Kier alpha value is -0.750. The summed E-state index contributed by atoms with van der Waals surface area (Å²) in [5.74, 6) is -0.332. The topological polar surface area (TPSA) is 50.1 Å². The van der Waals surface area contributed by atoms with Crippen molar-refractivity contribution in [2.75, 3.05) is 7.11 Å². The van der Waals surface area contributed by atoms with Crippen molar-refractivity contribution in [3.8, 4) is 6.07 Å². The van der Waals surface area contributed by atoms with Crippen LogP contribution in [0.5, 0.6) is 0 Å². The van der Waals surface area contributed by atoms with Gasteiger partial charge in [0.25, 0.3) is 0 Å². The van der Waals surface area contributed by atoms with Crippen molar-refractivity contribution in [3.63, 3.8) is 0 Å². The Balaban J connectivity index is 3.37. The van der Waals surface area contributed by atoms with E-state index >= 15 is 0 Å². The van der Waals surface area contributed by atoms with E-state index in [-0.39, 0.29) is 12.4 Å². The maximum absolute atomic E-state index is 10.4. The number of carbonyl (C=O) groups excluding carboxylic acids is 1. The number of alkyl halides is 1. The number of nitrogens with zero attached hydrogens (tertiary/aromatic N) is 1. The van der Waals surface area contributed by atoms with E-state index in [2.05, 4.69) is 4.74 Å². The number of ether oxygens (including phenoxy) is 1. The number of hydrogen-bond donors (Lipinski definition) is 0. The molecule has 0 fully saturated rings. The van der Waals surface area contributed by atoms with E-state index in [1.54, 1.807) is 6.07 Å². The van der Waals surface area contributed by atoms with Gasteiger partial charge in [0.1, 0.15) is 5.38 Å². The quantitative estimate of drug-likeness (QED) is 0.460. The van der Waals surface area contributed by atoms with E-state index in [4.69, 9.17) is 16.9 Å². The lowest BCUT2D eigenvalue weighted by Gasteiger charge is -1.97. The first-order chi connectivity index (χ1) is 4.70. The molecule has 0 N–H and O–H groups in total. The van der Waals surface area contributed by atoms with Crippen LogP contribution in [0.1, 0.15) is 12.8 Å². The molecule has 4 heteroatoms. The standard InChI is InChI=1S/C6H8ClNO2/c1-10-6(9)3-2-5(7)4-8/h5H,2-3H2,1H3. The molecule has 0 aliphatic heterocycles. The Bertz CT molecular complexity index is 152. The fourth-order valence-electron chi connectivity index (χ4n) is 0.411. The Morgan fingerprint density at radius 3 is 2.90 bits per heavy atom. The van der Waals surface area contributed by atoms with Gasteiger partial charge in [0.2, 0.25) is 0 Å². The molecule has 1 unspecified atom stereocenters. The van der Waals surface area contributed by atoms with Crippen molar-refractivity contribution in [1.29, 1.82) is 5.26 Å². The third-order valence-electron chi connectivity index (χ3n) is 0.970. The normalized spacial score (nSPS) is 11.7. The molecule has 0 rings (SSSR count). The molecule has 1 atom stereocenters. The van der Waals surface area contributed by atoms with Crippen LogP contribution in [0.4, 0.5) is 0 Å². The first-order valence-electron chi connectivity index (χ1n) is 2.81. The van der Waals surface area contributed by atoms with Crippen LogP contribution in [0.25, 0.3) is 0 Å². The largest absolute Gasteiger partial charge is 0.469 e. The molecule has 0 aliphatic rings. The maximum Gasteiger partial charge on any atom is 0.305 e. The first-order valence-corrected chi connectivity index (χ1v) is 3.25. The van der Waals surface area contributed by atoms with E-state index < -0.39 is 5.38 Å². The average molecular weight is 162 g/mol. The highest BCUT2D eigenvalue weighted by atomic mass is 35.5. The van der Waals surface area contributed by atoms with Crippen molar-refractivity contribution in [2.45, 2.75) is 18.2 Å².